The van der Waals surface area contributed by atoms with E-state index >= 15 is 0 Å². The predicted molar refractivity (Wildman–Crippen MR) is 88.5 cm³/mol. The lowest BCUT2D eigenvalue weighted by atomic mass is 10.2. The second kappa shape index (κ2) is 7.36. The average molecular weight is 331 g/mol. The van der Waals surface area contributed by atoms with Gasteiger partial charge in [-0.05, 0) is 38.1 Å². The average Bonchev–Trinajstić information content (AvgIpc) is 2.54. The quantitative estimate of drug-likeness (QED) is 0.471. The Kier molecular flexibility index (Phi) is 5.25. The maximum absolute atomic E-state index is 11.4. The minimum atomic E-state index is -0.546. The second-order valence-electron chi connectivity index (χ2n) is 5.17. The van der Waals surface area contributed by atoms with E-state index in [0.29, 0.717) is 11.3 Å². The lowest BCUT2D eigenvalue weighted by Crippen LogP contribution is -2.14. The fraction of sp³-hybridized carbons (Fsp3) is 0.267. The zero-order valence-corrected chi connectivity index (χ0v) is 13.4. The van der Waals surface area contributed by atoms with E-state index in [2.05, 4.69) is 25.3 Å². The Morgan fingerprint density at radius 3 is 2.38 bits per heavy atom. The van der Waals surface area contributed by atoms with Crippen LogP contribution in [0.25, 0.3) is 0 Å². The first-order valence-electron chi connectivity index (χ1n) is 7.13. The van der Waals surface area contributed by atoms with Crippen LogP contribution in [0.5, 0.6) is 0 Å². The van der Waals surface area contributed by atoms with Gasteiger partial charge in [-0.25, -0.2) is 14.8 Å². The Labute approximate surface area is 138 Å². The number of rotatable bonds is 6. The monoisotopic (exact) mass is 331 g/mol. The van der Waals surface area contributed by atoms with Crippen molar-refractivity contribution in [3.05, 3.63) is 46.3 Å². The van der Waals surface area contributed by atoms with Crippen LogP contribution in [0.1, 0.15) is 24.2 Å². The first-order valence-corrected chi connectivity index (χ1v) is 7.13. The van der Waals surface area contributed by atoms with Crippen molar-refractivity contribution in [2.75, 3.05) is 17.7 Å². The van der Waals surface area contributed by atoms with Gasteiger partial charge in [0.25, 0.3) is 0 Å². The van der Waals surface area contributed by atoms with Gasteiger partial charge in [-0.1, -0.05) is 0 Å². The summed E-state index contributed by atoms with van der Waals surface area (Å²) in [6, 6.07) is 6.29. The summed E-state index contributed by atoms with van der Waals surface area (Å²) in [5, 5.41) is 17.2. The standard InChI is InChI=1S/C15H17N5O4/c1-9(2)18-13-12(20(22)23)14(17-8-16-13)19-11-6-4-10(5-7-11)15(21)24-3/h4-9H,1-3H3,(H2,16,17,18,19). The molecule has 0 aliphatic rings. The van der Waals surface area contributed by atoms with E-state index in [0.717, 1.165) is 0 Å². The highest BCUT2D eigenvalue weighted by Gasteiger charge is 2.23. The van der Waals surface area contributed by atoms with Crippen molar-refractivity contribution in [1.29, 1.82) is 0 Å². The molecule has 0 saturated heterocycles. The van der Waals surface area contributed by atoms with Crippen molar-refractivity contribution >= 4 is 29.0 Å². The largest absolute Gasteiger partial charge is 0.465 e. The van der Waals surface area contributed by atoms with Crippen molar-refractivity contribution in [3.8, 4) is 0 Å². The summed E-state index contributed by atoms with van der Waals surface area (Å²) in [4.78, 5) is 30.1. The van der Waals surface area contributed by atoms with E-state index in [9.17, 15) is 14.9 Å². The molecule has 0 fully saturated rings. The smallest absolute Gasteiger partial charge is 0.353 e. The van der Waals surface area contributed by atoms with Crippen LogP contribution in [0, 0.1) is 10.1 Å². The molecular formula is C15H17N5O4. The number of nitrogens with zero attached hydrogens (tertiary/aromatic N) is 3. The lowest BCUT2D eigenvalue weighted by Gasteiger charge is -2.12. The van der Waals surface area contributed by atoms with Gasteiger partial charge in [-0.2, -0.15) is 0 Å². The molecule has 0 bridgehead atoms. The molecule has 1 heterocycles. The number of carbonyl (C=O) groups is 1. The molecule has 24 heavy (non-hydrogen) atoms. The Hall–Kier alpha value is -3.23. The highest BCUT2D eigenvalue weighted by molar-refractivity contribution is 5.89. The van der Waals surface area contributed by atoms with Crippen LogP contribution in [-0.4, -0.2) is 34.0 Å². The molecular weight excluding hydrogens is 314 g/mol. The summed E-state index contributed by atoms with van der Waals surface area (Å²) >= 11 is 0. The topological polar surface area (TPSA) is 119 Å². The van der Waals surface area contributed by atoms with E-state index in [4.69, 9.17) is 0 Å². The van der Waals surface area contributed by atoms with Gasteiger partial charge in [0.05, 0.1) is 17.6 Å². The molecule has 0 spiro atoms. The molecule has 2 N–H and O–H groups in total. The highest BCUT2D eigenvalue weighted by atomic mass is 16.6. The molecule has 1 aromatic carbocycles. The second-order valence-corrected chi connectivity index (χ2v) is 5.17. The number of aromatic nitrogens is 2. The Balaban J connectivity index is 2.32. The summed E-state index contributed by atoms with van der Waals surface area (Å²) in [7, 11) is 1.29. The number of benzene rings is 1. The molecule has 1 aromatic heterocycles. The number of esters is 1. The number of ether oxygens (including phenoxy) is 1. The van der Waals surface area contributed by atoms with Crippen molar-refractivity contribution in [3.63, 3.8) is 0 Å². The van der Waals surface area contributed by atoms with Crippen LogP contribution >= 0.6 is 0 Å². The van der Waals surface area contributed by atoms with Gasteiger partial charge in [0.2, 0.25) is 11.6 Å². The van der Waals surface area contributed by atoms with Crippen molar-refractivity contribution < 1.29 is 14.5 Å². The first-order chi connectivity index (χ1) is 11.4. The first kappa shape index (κ1) is 17.1. The van der Waals surface area contributed by atoms with E-state index in [1.807, 2.05) is 13.8 Å². The molecule has 9 heteroatoms. The number of anilines is 3. The molecule has 0 aliphatic carbocycles. The fourth-order valence-corrected chi connectivity index (χ4v) is 1.97. The molecule has 9 nitrogen and oxygen atoms in total. The molecule has 0 aliphatic heterocycles. The van der Waals surface area contributed by atoms with Crippen LogP contribution in [0.4, 0.5) is 23.0 Å². The molecule has 2 rings (SSSR count). The minimum absolute atomic E-state index is 0.0224. The van der Waals surface area contributed by atoms with E-state index in [1.54, 1.807) is 24.3 Å². The fourth-order valence-electron chi connectivity index (χ4n) is 1.97. The van der Waals surface area contributed by atoms with Crippen molar-refractivity contribution in [2.45, 2.75) is 19.9 Å². The van der Waals surface area contributed by atoms with Crippen LogP contribution in [0.2, 0.25) is 0 Å². The number of nitro groups is 1. The summed E-state index contributed by atoms with van der Waals surface area (Å²) in [6.07, 6.45) is 1.24. The molecule has 0 atom stereocenters. The Morgan fingerprint density at radius 1 is 1.21 bits per heavy atom. The van der Waals surface area contributed by atoms with E-state index in [-0.39, 0.29) is 23.4 Å². The summed E-state index contributed by atoms with van der Waals surface area (Å²) in [6.45, 7) is 3.70. The van der Waals surface area contributed by atoms with Gasteiger partial charge >= 0.3 is 11.7 Å². The third-order valence-electron chi connectivity index (χ3n) is 3.00. The van der Waals surface area contributed by atoms with E-state index in [1.165, 1.54) is 13.4 Å². The third kappa shape index (κ3) is 3.94. The van der Waals surface area contributed by atoms with Crippen LogP contribution in [-0.2, 0) is 4.74 Å². The van der Waals surface area contributed by atoms with Gasteiger partial charge in [0.15, 0.2) is 0 Å². The summed E-state index contributed by atoms with van der Waals surface area (Å²) < 4.78 is 4.62. The Morgan fingerprint density at radius 2 is 1.83 bits per heavy atom. The number of nitrogens with one attached hydrogen (secondary N) is 2. The van der Waals surface area contributed by atoms with Crippen molar-refractivity contribution in [2.24, 2.45) is 0 Å². The maximum Gasteiger partial charge on any atom is 0.353 e. The molecule has 0 saturated carbocycles. The molecule has 0 unspecified atom stereocenters. The Bertz CT molecular complexity index is 746. The molecule has 126 valence electrons. The number of carbonyl (C=O) groups excluding carboxylic acids is 1. The van der Waals surface area contributed by atoms with Crippen molar-refractivity contribution in [1.82, 2.24) is 9.97 Å². The summed E-state index contributed by atoms with van der Waals surface area (Å²) in [5.74, 6) is -0.263. The van der Waals surface area contributed by atoms with Gasteiger partial charge in [-0.3, -0.25) is 10.1 Å². The van der Waals surface area contributed by atoms with Crippen LogP contribution in [0.3, 0.4) is 0 Å². The lowest BCUT2D eigenvalue weighted by molar-refractivity contribution is -0.383. The SMILES string of the molecule is COC(=O)c1ccc(Nc2ncnc(NC(C)C)c2[N+](=O)[O-])cc1. The number of methoxy groups -OCH3 is 1. The van der Waals surface area contributed by atoms with Crippen LogP contribution < -0.4 is 10.6 Å². The normalized spacial score (nSPS) is 10.3. The zero-order chi connectivity index (χ0) is 17.7. The summed E-state index contributed by atoms with van der Waals surface area (Å²) in [5.41, 5.74) is 0.672. The maximum atomic E-state index is 11.4. The zero-order valence-electron chi connectivity index (χ0n) is 13.4. The minimum Gasteiger partial charge on any atom is -0.465 e. The van der Waals surface area contributed by atoms with Gasteiger partial charge in [0.1, 0.15) is 6.33 Å². The van der Waals surface area contributed by atoms with Crippen LogP contribution in [0.15, 0.2) is 30.6 Å². The number of hydrogen-bond acceptors (Lipinski definition) is 8. The van der Waals surface area contributed by atoms with E-state index < -0.39 is 10.9 Å². The highest BCUT2D eigenvalue weighted by Crippen LogP contribution is 2.31. The van der Waals surface area contributed by atoms with Gasteiger partial charge < -0.3 is 15.4 Å². The molecule has 2 aromatic rings. The molecule has 0 amide bonds. The molecule has 0 radical (unpaired) electrons. The third-order valence-corrected chi connectivity index (χ3v) is 3.00. The van der Waals surface area contributed by atoms with Gasteiger partial charge in [0, 0.05) is 11.7 Å². The number of hydrogen-bond donors (Lipinski definition) is 2. The predicted octanol–water partition coefficient (Wildman–Crippen LogP) is 2.74. The van der Waals surface area contributed by atoms with Gasteiger partial charge in [-0.15, -0.1) is 0 Å².